The number of Topliss-reactive ketones (excluding diaryl/α,β-unsaturated/α-hetero) is 1. The zero-order valence-corrected chi connectivity index (χ0v) is 19.8. The van der Waals surface area contributed by atoms with Crippen molar-refractivity contribution in [3.8, 4) is 5.75 Å². The molecule has 1 atom stereocenters. The number of ketones is 1. The standard InChI is InChI=1S/C24H23NO6S2/c1-30-18-8-10-19(11-9-18)33(28,29)25-13-12-20-17(14-16-6-4-3-5-7-16)15-32-23(20)22(26)21(25)24(27)31-2/h3-11,15,21H,12-14H2,1-2H3. The smallest absolute Gasteiger partial charge is 0.332 e. The van der Waals surface area contributed by atoms with Gasteiger partial charge in [-0.2, -0.15) is 4.31 Å². The van der Waals surface area contributed by atoms with Gasteiger partial charge in [0.1, 0.15) is 5.75 Å². The molecule has 0 aliphatic carbocycles. The lowest BCUT2D eigenvalue weighted by molar-refractivity contribution is -0.143. The predicted octanol–water partition coefficient (Wildman–Crippen LogP) is 3.32. The molecule has 0 saturated carbocycles. The fourth-order valence-electron chi connectivity index (χ4n) is 3.95. The first-order chi connectivity index (χ1) is 15.9. The summed E-state index contributed by atoms with van der Waals surface area (Å²) >= 11 is 1.24. The Bertz CT molecular complexity index is 1270. The van der Waals surface area contributed by atoms with Gasteiger partial charge in [-0.3, -0.25) is 4.79 Å². The van der Waals surface area contributed by atoms with Gasteiger partial charge in [-0.1, -0.05) is 30.3 Å². The fourth-order valence-corrected chi connectivity index (χ4v) is 6.58. The van der Waals surface area contributed by atoms with Crippen LogP contribution in [0.25, 0.3) is 0 Å². The fraction of sp³-hybridized carbons (Fsp3) is 0.250. The molecule has 172 valence electrons. The van der Waals surface area contributed by atoms with Crippen LogP contribution in [0.1, 0.15) is 26.4 Å². The van der Waals surface area contributed by atoms with E-state index in [-0.39, 0.29) is 11.4 Å². The van der Waals surface area contributed by atoms with E-state index in [0.717, 1.165) is 28.1 Å². The number of hydrogen-bond donors (Lipinski definition) is 0. The van der Waals surface area contributed by atoms with Crippen molar-refractivity contribution < 1.29 is 27.5 Å². The molecule has 2 heterocycles. The van der Waals surface area contributed by atoms with Gasteiger partial charge in [0.15, 0.2) is 6.04 Å². The van der Waals surface area contributed by atoms with Crippen LogP contribution in [-0.2, 0) is 32.4 Å². The van der Waals surface area contributed by atoms with E-state index in [1.54, 1.807) is 0 Å². The van der Waals surface area contributed by atoms with E-state index in [1.165, 1.54) is 42.7 Å². The normalized spacial score (nSPS) is 16.7. The van der Waals surface area contributed by atoms with Crippen molar-refractivity contribution in [3.05, 3.63) is 81.5 Å². The summed E-state index contributed by atoms with van der Waals surface area (Å²) in [5.41, 5.74) is 2.83. The number of sulfonamides is 1. The number of fused-ring (bicyclic) bond motifs is 1. The monoisotopic (exact) mass is 485 g/mol. The Morgan fingerprint density at radius 1 is 1.09 bits per heavy atom. The van der Waals surface area contributed by atoms with Gasteiger partial charge in [0.2, 0.25) is 15.8 Å². The van der Waals surface area contributed by atoms with E-state index in [4.69, 9.17) is 9.47 Å². The SMILES string of the molecule is COC(=O)C1C(=O)c2scc(Cc3ccccc3)c2CCN1S(=O)(=O)c1ccc(OC)cc1. The van der Waals surface area contributed by atoms with E-state index < -0.39 is 27.8 Å². The molecule has 4 rings (SSSR count). The Morgan fingerprint density at radius 3 is 2.42 bits per heavy atom. The van der Waals surface area contributed by atoms with Crippen molar-refractivity contribution in [2.24, 2.45) is 0 Å². The maximum absolute atomic E-state index is 13.5. The Kier molecular flexibility index (Phi) is 6.64. The summed E-state index contributed by atoms with van der Waals surface area (Å²) in [6, 6.07) is 14.1. The Labute approximate surface area is 196 Å². The van der Waals surface area contributed by atoms with Gasteiger partial charge in [-0.25, -0.2) is 13.2 Å². The molecule has 1 unspecified atom stereocenters. The largest absolute Gasteiger partial charge is 0.497 e. The highest BCUT2D eigenvalue weighted by Gasteiger charge is 2.45. The second-order valence-corrected chi connectivity index (χ2v) is 10.3. The molecule has 1 aromatic heterocycles. The third kappa shape index (κ3) is 4.44. The second kappa shape index (κ2) is 9.46. The first-order valence-corrected chi connectivity index (χ1v) is 12.6. The van der Waals surface area contributed by atoms with Gasteiger partial charge in [-0.05, 0) is 59.2 Å². The highest BCUT2D eigenvalue weighted by Crippen LogP contribution is 2.33. The third-order valence-electron chi connectivity index (χ3n) is 5.65. The lowest BCUT2D eigenvalue weighted by Crippen LogP contribution is -2.49. The number of thiophene rings is 1. The molecule has 33 heavy (non-hydrogen) atoms. The molecule has 1 aliphatic heterocycles. The zero-order chi connectivity index (χ0) is 23.6. The minimum absolute atomic E-state index is 0.0224. The molecule has 7 nitrogen and oxygen atoms in total. The summed E-state index contributed by atoms with van der Waals surface area (Å²) < 4.78 is 37.9. The lowest BCUT2D eigenvalue weighted by atomic mass is 9.99. The Morgan fingerprint density at radius 2 is 1.79 bits per heavy atom. The first-order valence-electron chi connectivity index (χ1n) is 10.3. The summed E-state index contributed by atoms with van der Waals surface area (Å²) in [5, 5.41) is 1.91. The van der Waals surface area contributed by atoms with E-state index in [2.05, 4.69) is 0 Å². The molecule has 0 spiro atoms. The maximum atomic E-state index is 13.5. The first kappa shape index (κ1) is 23.2. The number of nitrogens with zero attached hydrogens (tertiary/aromatic N) is 1. The molecule has 0 N–H and O–H groups in total. The van der Waals surface area contributed by atoms with Crippen molar-refractivity contribution in [1.29, 1.82) is 0 Å². The summed E-state index contributed by atoms with van der Waals surface area (Å²) in [4.78, 5) is 26.5. The van der Waals surface area contributed by atoms with Gasteiger partial charge in [-0.15, -0.1) is 11.3 Å². The second-order valence-electron chi connectivity index (χ2n) is 7.56. The van der Waals surface area contributed by atoms with Gasteiger partial charge >= 0.3 is 5.97 Å². The minimum Gasteiger partial charge on any atom is -0.497 e. The molecular weight excluding hydrogens is 462 g/mol. The van der Waals surface area contributed by atoms with Crippen molar-refractivity contribution in [2.75, 3.05) is 20.8 Å². The number of rotatable bonds is 6. The van der Waals surface area contributed by atoms with Crippen LogP contribution in [0.3, 0.4) is 0 Å². The molecule has 0 bridgehead atoms. The number of carbonyl (C=O) groups is 2. The maximum Gasteiger partial charge on any atom is 0.332 e. The molecule has 2 aromatic carbocycles. The van der Waals surface area contributed by atoms with E-state index in [9.17, 15) is 18.0 Å². The predicted molar refractivity (Wildman–Crippen MR) is 124 cm³/mol. The van der Waals surface area contributed by atoms with Crippen molar-refractivity contribution in [1.82, 2.24) is 4.31 Å². The molecular formula is C24H23NO6S2. The van der Waals surface area contributed by atoms with Crippen LogP contribution in [-0.4, -0.2) is 51.3 Å². The van der Waals surface area contributed by atoms with Crippen LogP contribution in [0.4, 0.5) is 0 Å². The van der Waals surface area contributed by atoms with Gasteiger partial charge in [0.25, 0.3) is 0 Å². The third-order valence-corrected chi connectivity index (χ3v) is 8.62. The van der Waals surface area contributed by atoms with Crippen LogP contribution < -0.4 is 4.74 Å². The number of benzene rings is 2. The van der Waals surface area contributed by atoms with Gasteiger partial charge in [0, 0.05) is 6.54 Å². The summed E-state index contributed by atoms with van der Waals surface area (Å²) in [7, 11) is -1.52. The van der Waals surface area contributed by atoms with Crippen LogP contribution in [0, 0.1) is 0 Å². The molecule has 0 fully saturated rings. The summed E-state index contributed by atoms with van der Waals surface area (Å²) in [5.74, 6) is -0.961. The lowest BCUT2D eigenvalue weighted by Gasteiger charge is -2.26. The number of ether oxygens (including phenoxy) is 2. The highest BCUT2D eigenvalue weighted by molar-refractivity contribution is 7.89. The average Bonchev–Trinajstić information content (AvgIpc) is 3.16. The molecule has 9 heteroatoms. The topological polar surface area (TPSA) is 90.0 Å². The molecule has 1 aliphatic rings. The summed E-state index contributed by atoms with van der Waals surface area (Å²) in [6.07, 6.45) is 0.934. The van der Waals surface area contributed by atoms with Gasteiger partial charge < -0.3 is 9.47 Å². The van der Waals surface area contributed by atoms with Crippen molar-refractivity contribution in [2.45, 2.75) is 23.8 Å². The number of carbonyl (C=O) groups excluding carboxylic acids is 2. The zero-order valence-electron chi connectivity index (χ0n) is 18.2. The quantitative estimate of drug-likeness (QED) is 0.393. The number of hydrogen-bond acceptors (Lipinski definition) is 7. The highest BCUT2D eigenvalue weighted by atomic mass is 32.2. The van der Waals surface area contributed by atoms with E-state index in [0.29, 0.717) is 23.5 Å². The van der Waals surface area contributed by atoms with Crippen LogP contribution in [0.2, 0.25) is 0 Å². The van der Waals surface area contributed by atoms with Crippen molar-refractivity contribution >= 4 is 33.1 Å². The summed E-state index contributed by atoms with van der Waals surface area (Å²) in [6.45, 7) is -0.0224. The Hall–Kier alpha value is -3.01. The number of methoxy groups -OCH3 is 2. The minimum atomic E-state index is -4.15. The average molecular weight is 486 g/mol. The van der Waals surface area contributed by atoms with Crippen LogP contribution in [0.15, 0.2) is 64.9 Å². The van der Waals surface area contributed by atoms with Crippen LogP contribution >= 0.6 is 11.3 Å². The Balaban J connectivity index is 1.73. The molecule has 0 saturated heterocycles. The molecule has 3 aromatic rings. The van der Waals surface area contributed by atoms with E-state index in [1.807, 2.05) is 35.7 Å². The van der Waals surface area contributed by atoms with Crippen LogP contribution in [0.5, 0.6) is 5.75 Å². The molecule has 0 amide bonds. The van der Waals surface area contributed by atoms with Crippen molar-refractivity contribution in [3.63, 3.8) is 0 Å². The molecule has 0 radical (unpaired) electrons. The number of esters is 1. The van der Waals surface area contributed by atoms with Gasteiger partial charge in [0.05, 0.1) is 24.0 Å². The van der Waals surface area contributed by atoms with E-state index >= 15 is 0 Å².